The number of carbonyl (C=O) groups is 3. The van der Waals surface area contributed by atoms with Gasteiger partial charge in [-0.2, -0.15) is 0 Å². The molecule has 0 radical (unpaired) electrons. The molecule has 1 aliphatic heterocycles. The molecule has 35 heavy (non-hydrogen) atoms. The van der Waals surface area contributed by atoms with Crippen molar-refractivity contribution in [2.75, 3.05) is 25.1 Å². The minimum atomic E-state index is -0.341. The van der Waals surface area contributed by atoms with Gasteiger partial charge in [0.1, 0.15) is 5.75 Å². The van der Waals surface area contributed by atoms with Gasteiger partial charge in [0.2, 0.25) is 5.91 Å². The molecule has 4 fully saturated rings. The molecule has 4 bridgehead atoms. The van der Waals surface area contributed by atoms with E-state index in [4.69, 9.17) is 4.74 Å². The van der Waals surface area contributed by atoms with Crippen molar-refractivity contribution < 1.29 is 19.1 Å². The quantitative estimate of drug-likeness (QED) is 0.564. The Morgan fingerprint density at radius 1 is 0.971 bits per heavy atom. The van der Waals surface area contributed by atoms with Crippen LogP contribution < -0.4 is 9.64 Å². The van der Waals surface area contributed by atoms with Crippen LogP contribution in [0.3, 0.4) is 0 Å². The predicted octanol–water partition coefficient (Wildman–Crippen LogP) is 4.85. The molecule has 2 aromatic carbocycles. The second-order valence-corrected chi connectivity index (χ2v) is 11.1. The first-order valence-electron chi connectivity index (χ1n) is 12.8. The van der Waals surface area contributed by atoms with Crippen molar-refractivity contribution in [1.82, 2.24) is 4.90 Å². The van der Waals surface area contributed by atoms with Crippen LogP contribution in [-0.4, -0.2) is 42.8 Å². The Morgan fingerprint density at radius 2 is 1.54 bits per heavy atom. The van der Waals surface area contributed by atoms with Gasteiger partial charge in [-0.1, -0.05) is 18.2 Å². The van der Waals surface area contributed by atoms with Gasteiger partial charge in [0.25, 0.3) is 11.8 Å². The topological polar surface area (TPSA) is 66.9 Å². The van der Waals surface area contributed by atoms with Gasteiger partial charge in [-0.15, -0.1) is 0 Å². The highest BCUT2D eigenvalue weighted by Crippen LogP contribution is 2.60. The van der Waals surface area contributed by atoms with Gasteiger partial charge in [0.05, 0.1) is 29.3 Å². The van der Waals surface area contributed by atoms with E-state index in [0.717, 1.165) is 30.5 Å². The molecule has 0 saturated heterocycles. The van der Waals surface area contributed by atoms with Crippen molar-refractivity contribution >= 4 is 23.4 Å². The lowest BCUT2D eigenvalue weighted by molar-refractivity contribution is -0.143. The fourth-order valence-electron chi connectivity index (χ4n) is 7.64. The van der Waals surface area contributed by atoms with Crippen LogP contribution >= 0.6 is 0 Å². The maximum Gasteiger partial charge on any atom is 0.261 e. The Morgan fingerprint density at radius 3 is 2.09 bits per heavy atom. The number of methoxy groups -OCH3 is 1. The smallest absolute Gasteiger partial charge is 0.261 e. The van der Waals surface area contributed by atoms with Crippen LogP contribution in [0.1, 0.15) is 64.8 Å². The van der Waals surface area contributed by atoms with E-state index >= 15 is 0 Å². The zero-order valence-electron chi connectivity index (χ0n) is 20.5. The van der Waals surface area contributed by atoms with Crippen LogP contribution in [-0.2, 0) is 4.79 Å². The third-order valence-corrected chi connectivity index (χ3v) is 8.79. The largest absolute Gasteiger partial charge is 0.495 e. The molecule has 7 rings (SSSR count). The molecule has 182 valence electrons. The fourth-order valence-corrected chi connectivity index (χ4v) is 7.64. The number of nitrogens with zero attached hydrogens (tertiary/aromatic N) is 2. The highest BCUT2D eigenvalue weighted by atomic mass is 16.5. The Kier molecular flexibility index (Phi) is 5.24. The molecule has 3 amide bonds. The van der Waals surface area contributed by atoms with Gasteiger partial charge < -0.3 is 9.64 Å². The second kappa shape index (κ2) is 8.21. The maximum absolute atomic E-state index is 14.4. The van der Waals surface area contributed by atoms with Crippen LogP contribution in [0, 0.1) is 30.1 Å². The van der Waals surface area contributed by atoms with E-state index in [-0.39, 0.29) is 36.2 Å². The van der Waals surface area contributed by atoms with Gasteiger partial charge >= 0.3 is 0 Å². The molecule has 0 aromatic heterocycles. The van der Waals surface area contributed by atoms with Crippen LogP contribution in [0.2, 0.25) is 0 Å². The number of imide groups is 1. The first-order chi connectivity index (χ1) is 16.9. The van der Waals surface area contributed by atoms with Gasteiger partial charge in [0.15, 0.2) is 0 Å². The molecule has 4 aliphatic carbocycles. The van der Waals surface area contributed by atoms with E-state index in [1.807, 2.05) is 30.0 Å². The average molecular weight is 473 g/mol. The summed E-state index contributed by atoms with van der Waals surface area (Å²) in [5, 5.41) is 0. The van der Waals surface area contributed by atoms with E-state index in [2.05, 4.69) is 0 Å². The molecule has 2 aromatic rings. The standard InChI is InChI=1S/C29H32N2O4/c1-18-7-8-24(25(11-18)35-2)30(9-10-31-26(32)22-5-3-4-6-23(22)27(31)33)28(34)29-15-19-12-20(16-29)14-21(13-19)17-29/h3-8,11,19-21H,9-10,12-17H2,1-2H3. The van der Waals surface area contributed by atoms with E-state index < -0.39 is 0 Å². The van der Waals surface area contributed by atoms with Crippen molar-refractivity contribution in [3.8, 4) is 5.75 Å². The molecular weight excluding hydrogens is 440 g/mol. The van der Waals surface area contributed by atoms with Gasteiger partial charge in [0, 0.05) is 13.1 Å². The normalized spacial score (nSPS) is 28.4. The number of hydrogen-bond acceptors (Lipinski definition) is 4. The van der Waals surface area contributed by atoms with Crippen molar-refractivity contribution in [2.45, 2.75) is 45.4 Å². The molecule has 0 atom stereocenters. The summed E-state index contributed by atoms with van der Waals surface area (Å²) < 4.78 is 5.70. The Bertz CT molecular complexity index is 1150. The highest BCUT2D eigenvalue weighted by molar-refractivity contribution is 6.21. The molecule has 0 N–H and O–H groups in total. The number of carbonyl (C=O) groups excluding carboxylic acids is 3. The van der Waals surface area contributed by atoms with Crippen molar-refractivity contribution in [3.63, 3.8) is 0 Å². The lowest BCUT2D eigenvalue weighted by Gasteiger charge is -2.56. The van der Waals surface area contributed by atoms with E-state index in [1.165, 1.54) is 24.2 Å². The number of hydrogen-bond donors (Lipinski definition) is 0. The number of anilines is 1. The number of amides is 3. The molecule has 4 saturated carbocycles. The number of rotatable bonds is 6. The van der Waals surface area contributed by atoms with Crippen molar-refractivity contribution in [1.29, 1.82) is 0 Å². The number of benzene rings is 2. The molecule has 1 heterocycles. The fraction of sp³-hybridized carbons (Fsp3) is 0.483. The summed E-state index contributed by atoms with van der Waals surface area (Å²) in [5.74, 6) is 2.13. The first-order valence-corrected chi connectivity index (χ1v) is 12.8. The average Bonchev–Trinajstić information content (AvgIpc) is 3.08. The molecule has 6 nitrogen and oxygen atoms in total. The van der Waals surface area contributed by atoms with Crippen LogP contribution in [0.15, 0.2) is 42.5 Å². The monoisotopic (exact) mass is 472 g/mol. The molecule has 0 spiro atoms. The van der Waals surface area contributed by atoms with Gasteiger partial charge in [-0.3, -0.25) is 19.3 Å². The van der Waals surface area contributed by atoms with Crippen LogP contribution in [0.4, 0.5) is 5.69 Å². The van der Waals surface area contributed by atoms with Crippen LogP contribution in [0.5, 0.6) is 5.75 Å². The minimum Gasteiger partial charge on any atom is -0.495 e. The molecular formula is C29H32N2O4. The highest BCUT2D eigenvalue weighted by Gasteiger charge is 2.56. The minimum absolute atomic E-state index is 0.135. The third kappa shape index (κ3) is 3.57. The van der Waals surface area contributed by atoms with Gasteiger partial charge in [-0.25, -0.2) is 0 Å². The van der Waals surface area contributed by atoms with E-state index in [0.29, 0.717) is 34.6 Å². The van der Waals surface area contributed by atoms with E-state index in [1.54, 1.807) is 31.4 Å². The van der Waals surface area contributed by atoms with Gasteiger partial charge in [-0.05, 0) is 93.0 Å². The van der Waals surface area contributed by atoms with E-state index in [9.17, 15) is 14.4 Å². The zero-order chi connectivity index (χ0) is 24.3. The van der Waals surface area contributed by atoms with Crippen molar-refractivity contribution in [3.05, 3.63) is 59.2 Å². The Balaban J connectivity index is 1.33. The summed E-state index contributed by atoms with van der Waals surface area (Å²) in [6.07, 6.45) is 6.64. The summed E-state index contributed by atoms with van der Waals surface area (Å²) >= 11 is 0. The zero-order valence-corrected chi connectivity index (χ0v) is 20.5. The number of fused-ring (bicyclic) bond motifs is 1. The molecule has 0 unspecified atom stereocenters. The van der Waals surface area contributed by atoms with Crippen LogP contribution in [0.25, 0.3) is 0 Å². The Labute approximate surface area is 206 Å². The second-order valence-electron chi connectivity index (χ2n) is 11.1. The predicted molar refractivity (Wildman–Crippen MR) is 132 cm³/mol. The third-order valence-electron chi connectivity index (χ3n) is 8.79. The summed E-state index contributed by atoms with van der Waals surface area (Å²) in [6, 6.07) is 12.8. The summed E-state index contributed by atoms with van der Waals surface area (Å²) in [4.78, 5) is 43.5. The molecule has 5 aliphatic rings. The maximum atomic E-state index is 14.4. The number of aryl methyl sites for hydroxylation is 1. The number of ether oxygens (including phenoxy) is 1. The lowest BCUT2D eigenvalue weighted by Crippen LogP contribution is -2.55. The summed E-state index contributed by atoms with van der Waals surface area (Å²) in [6.45, 7) is 2.41. The summed E-state index contributed by atoms with van der Waals surface area (Å²) in [5.41, 5.74) is 2.30. The first kappa shape index (κ1) is 22.3. The molecule has 6 heteroatoms. The van der Waals surface area contributed by atoms with Crippen molar-refractivity contribution in [2.24, 2.45) is 23.2 Å². The lowest BCUT2D eigenvalue weighted by atomic mass is 9.49. The Hall–Kier alpha value is -3.15. The SMILES string of the molecule is COc1cc(C)ccc1N(CCN1C(=O)c2ccccc2C1=O)C(=O)C12CC3CC(CC(C3)C1)C2. The summed E-state index contributed by atoms with van der Waals surface area (Å²) in [7, 11) is 1.62.